The highest BCUT2D eigenvalue weighted by molar-refractivity contribution is 5.80. The summed E-state index contributed by atoms with van der Waals surface area (Å²) in [5.74, 6) is 0.707. The van der Waals surface area contributed by atoms with Gasteiger partial charge in [-0.05, 0) is 45.4 Å². The van der Waals surface area contributed by atoms with Crippen molar-refractivity contribution in [3.05, 3.63) is 29.8 Å². The van der Waals surface area contributed by atoms with Crippen LogP contribution in [0.4, 0.5) is 0 Å². The molecule has 106 valence electrons. The number of likely N-dealkylation sites (N-methyl/N-ethyl adjacent to an activating group) is 1. The van der Waals surface area contributed by atoms with Crippen LogP contribution in [-0.2, 0) is 4.79 Å². The Morgan fingerprint density at radius 2 is 1.74 bits per heavy atom. The van der Waals surface area contributed by atoms with Crippen LogP contribution < -0.4 is 10.5 Å². The molecule has 2 N–H and O–H groups in total. The monoisotopic (exact) mass is 264 g/mol. The second-order valence-electron chi connectivity index (χ2n) is 4.63. The van der Waals surface area contributed by atoms with Crippen molar-refractivity contribution >= 4 is 5.91 Å². The molecule has 0 aliphatic carbocycles. The maximum Gasteiger partial charge on any atom is 0.263 e. The lowest BCUT2D eigenvalue weighted by Gasteiger charge is -2.23. The minimum atomic E-state index is -0.471. The molecule has 1 unspecified atom stereocenters. The minimum Gasteiger partial charge on any atom is -0.481 e. The fourth-order valence-electron chi connectivity index (χ4n) is 1.90. The van der Waals surface area contributed by atoms with Gasteiger partial charge in [-0.3, -0.25) is 4.79 Å². The van der Waals surface area contributed by atoms with Crippen molar-refractivity contribution in [2.45, 2.75) is 39.8 Å². The highest BCUT2D eigenvalue weighted by Gasteiger charge is 2.19. The largest absolute Gasteiger partial charge is 0.481 e. The summed E-state index contributed by atoms with van der Waals surface area (Å²) in [5.41, 5.74) is 6.84. The molecule has 0 bridgehead atoms. The number of hydrogen-bond acceptors (Lipinski definition) is 3. The molecule has 0 saturated heterocycles. The minimum absolute atomic E-state index is 0.00350. The van der Waals surface area contributed by atoms with E-state index >= 15 is 0 Å². The highest BCUT2D eigenvalue weighted by Crippen LogP contribution is 2.17. The number of carbonyl (C=O) groups excluding carboxylic acids is 1. The van der Waals surface area contributed by atoms with Gasteiger partial charge < -0.3 is 15.4 Å². The van der Waals surface area contributed by atoms with E-state index in [2.05, 4.69) is 0 Å². The maximum absolute atomic E-state index is 12.1. The van der Waals surface area contributed by atoms with Gasteiger partial charge in [-0.1, -0.05) is 12.1 Å². The lowest BCUT2D eigenvalue weighted by molar-refractivity contribution is -0.137. The molecule has 19 heavy (non-hydrogen) atoms. The molecule has 1 aromatic rings. The van der Waals surface area contributed by atoms with Crippen molar-refractivity contribution in [2.24, 2.45) is 5.73 Å². The van der Waals surface area contributed by atoms with E-state index in [1.807, 2.05) is 45.0 Å². The van der Waals surface area contributed by atoms with Crippen LogP contribution in [0.5, 0.6) is 5.75 Å². The van der Waals surface area contributed by atoms with Gasteiger partial charge in [0.2, 0.25) is 0 Å². The fraction of sp³-hybridized carbons (Fsp3) is 0.533. The summed E-state index contributed by atoms with van der Waals surface area (Å²) in [6, 6.07) is 7.56. The van der Waals surface area contributed by atoms with E-state index in [4.69, 9.17) is 10.5 Å². The first-order valence-corrected chi connectivity index (χ1v) is 6.80. The molecule has 0 heterocycles. The Balaban J connectivity index is 2.66. The number of hydrogen-bond donors (Lipinski definition) is 1. The molecule has 2 atom stereocenters. The van der Waals surface area contributed by atoms with Crippen molar-refractivity contribution in [3.63, 3.8) is 0 Å². The van der Waals surface area contributed by atoms with Crippen LogP contribution in [0, 0.1) is 0 Å². The molecule has 0 aliphatic heterocycles. The molecule has 4 heteroatoms. The topological polar surface area (TPSA) is 55.6 Å². The molecular formula is C15H24N2O2. The van der Waals surface area contributed by atoms with Gasteiger partial charge in [0.25, 0.3) is 5.91 Å². The van der Waals surface area contributed by atoms with Crippen LogP contribution in [0.3, 0.4) is 0 Å². The first-order valence-electron chi connectivity index (χ1n) is 6.80. The lowest BCUT2D eigenvalue weighted by Crippen LogP contribution is -2.40. The highest BCUT2D eigenvalue weighted by atomic mass is 16.5. The smallest absolute Gasteiger partial charge is 0.263 e. The van der Waals surface area contributed by atoms with Crippen LogP contribution in [0.1, 0.15) is 39.3 Å². The predicted octanol–water partition coefficient (Wildman–Crippen LogP) is 2.34. The molecule has 0 radical (unpaired) electrons. The Morgan fingerprint density at radius 3 is 2.16 bits per heavy atom. The van der Waals surface area contributed by atoms with Gasteiger partial charge in [-0.15, -0.1) is 0 Å². The first kappa shape index (κ1) is 15.5. The molecule has 0 spiro atoms. The molecule has 0 aromatic heterocycles. The zero-order chi connectivity index (χ0) is 14.4. The van der Waals surface area contributed by atoms with E-state index in [0.29, 0.717) is 18.8 Å². The Bertz CT molecular complexity index is 397. The predicted molar refractivity (Wildman–Crippen MR) is 77.1 cm³/mol. The van der Waals surface area contributed by atoms with E-state index in [1.165, 1.54) is 0 Å². The number of nitrogens with zero attached hydrogens (tertiary/aromatic N) is 1. The second-order valence-corrected chi connectivity index (χ2v) is 4.63. The van der Waals surface area contributed by atoms with E-state index in [1.54, 1.807) is 11.8 Å². The quantitative estimate of drug-likeness (QED) is 0.858. The van der Waals surface area contributed by atoms with Crippen LogP contribution in [0.15, 0.2) is 24.3 Å². The van der Waals surface area contributed by atoms with Crippen molar-refractivity contribution in [2.75, 3.05) is 13.1 Å². The third-order valence-electron chi connectivity index (χ3n) is 3.14. The number of ether oxygens (including phenoxy) is 1. The van der Waals surface area contributed by atoms with Crippen LogP contribution in [0.2, 0.25) is 0 Å². The standard InChI is InChI=1S/C15H24N2O2/c1-5-17(6-2)15(18)12(4)19-14-9-7-13(8-10-14)11(3)16/h7-12H,5-6,16H2,1-4H3/t11-,12?/m1/s1. The number of amides is 1. The molecular weight excluding hydrogens is 240 g/mol. The normalized spacial score (nSPS) is 13.7. The van der Waals surface area contributed by atoms with Crippen molar-refractivity contribution in [1.82, 2.24) is 4.90 Å². The van der Waals surface area contributed by atoms with Gasteiger partial charge in [0.05, 0.1) is 0 Å². The summed E-state index contributed by atoms with van der Waals surface area (Å²) in [7, 11) is 0. The second kappa shape index (κ2) is 7.14. The first-order chi connectivity index (χ1) is 8.99. The van der Waals surface area contributed by atoms with Crippen LogP contribution >= 0.6 is 0 Å². The molecule has 1 amide bonds. The van der Waals surface area contributed by atoms with Gasteiger partial charge in [-0.25, -0.2) is 0 Å². The number of carbonyl (C=O) groups is 1. The van der Waals surface area contributed by atoms with Crippen LogP contribution in [-0.4, -0.2) is 30.0 Å². The third kappa shape index (κ3) is 4.24. The fourth-order valence-corrected chi connectivity index (χ4v) is 1.90. The molecule has 0 saturated carbocycles. The Labute approximate surface area is 115 Å². The summed E-state index contributed by atoms with van der Waals surface area (Å²) in [5, 5.41) is 0. The van der Waals surface area contributed by atoms with E-state index < -0.39 is 6.10 Å². The zero-order valence-electron chi connectivity index (χ0n) is 12.2. The maximum atomic E-state index is 12.1. The zero-order valence-corrected chi connectivity index (χ0v) is 12.2. The van der Waals surface area contributed by atoms with E-state index in [0.717, 1.165) is 5.56 Å². The molecule has 1 rings (SSSR count). The third-order valence-corrected chi connectivity index (χ3v) is 3.14. The summed E-state index contributed by atoms with van der Waals surface area (Å²) in [4.78, 5) is 13.8. The summed E-state index contributed by atoms with van der Waals surface area (Å²) in [6.45, 7) is 9.04. The number of benzene rings is 1. The molecule has 1 aromatic carbocycles. The average molecular weight is 264 g/mol. The summed E-state index contributed by atoms with van der Waals surface area (Å²) >= 11 is 0. The molecule has 4 nitrogen and oxygen atoms in total. The van der Waals surface area contributed by atoms with Crippen molar-refractivity contribution < 1.29 is 9.53 Å². The van der Waals surface area contributed by atoms with Gasteiger partial charge in [0, 0.05) is 19.1 Å². The summed E-state index contributed by atoms with van der Waals surface area (Å²) in [6.07, 6.45) is -0.471. The SMILES string of the molecule is CCN(CC)C(=O)C(C)Oc1ccc([C@@H](C)N)cc1. The van der Waals surface area contributed by atoms with Gasteiger partial charge in [-0.2, -0.15) is 0 Å². The molecule has 0 aliphatic rings. The summed E-state index contributed by atoms with van der Waals surface area (Å²) < 4.78 is 5.66. The van der Waals surface area contributed by atoms with Gasteiger partial charge in [0.15, 0.2) is 6.10 Å². The number of rotatable bonds is 6. The van der Waals surface area contributed by atoms with E-state index in [9.17, 15) is 4.79 Å². The van der Waals surface area contributed by atoms with Crippen molar-refractivity contribution in [1.29, 1.82) is 0 Å². The number of nitrogens with two attached hydrogens (primary N) is 1. The average Bonchev–Trinajstić information content (AvgIpc) is 2.40. The lowest BCUT2D eigenvalue weighted by atomic mass is 10.1. The van der Waals surface area contributed by atoms with Crippen molar-refractivity contribution in [3.8, 4) is 5.75 Å². The van der Waals surface area contributed by atoms with E-state index in [-0.39, 0.29) is 11.9 Å². The molecule has 0 fully saturated rings. The Kier molecular flexibility index (Phi) is 5.83. The Hall–Kier alpha value is -1.55. The van der Waals surface area contributed by atoms with Crippen LogP contribution in [0.25, 0.3) is 0 Å². The van der Waals surface area contributed by atoms with Gasteiger partial charge >= 0.3 is 0 Å². The Morgan fingerprint density at radius 1 is 1.21 bits per heavy atom. The van der Waals surface area contributed by atoms with Gasteiger partial charge in [0.1, 0.15) is 5.75 Å².